The summed E-state index contributed by atoms with van der Waals surface area (Å²) in [7, 11) is 0. The van der Waals surface area contributed by atoms with Crippen molar-refractivity contribution in [3.63, 3.8) is 0 Å². The fourth-order valence-corrected chi connectivity index (χ4v) is 4.68. The largest absolute Gasteiger partial charge is 0.378 e. The van der Waals surface area contributed by atoms with Crippen LogP contribution in [0.1, 0.15) is 18.9 Å². The van der Waals surface area contributed by atoms with Crippen LogP contribution in [0.25, 0.3) is 0 Å². The molecular weight excluding hydrogens is 412 g/mol. The first kappa shape index (κ1) is 23.9. The van der Waals surface area contributed by atoms with E-state index in [1.54, 1.807) is 0 Å². The Bertz CT molecular complexity index is 719. The third kappa shape index (κ3) is 8.01. The molecule has 1 N–H and O–H groups in total. The van der Waals surface area contributed by atoms with E-state index in [9.17, 15) is 9.59 Å². The summed E-state index contributed by atoms with van der Waals surface area (Å²) in [5, 5.41) is 3.07. The molecule has 1 atom stereocenters. The second kappa shape index (κ2) is 12.3. The first-order valence-electron chi connectivity index (χ1n) is 11.3. The van der Waals surface area contributed by atoms with Gasteiger partial charge in [0.25, 0.3) is 0 Å². The predicted molar refractivity (Wildman–Crippen MR) is 127 cm³/mol. The Morgan fingerprint density at radius 1 is 1.10 bits per heavy atom. The van der Waals surface area contributed by atoms with Gasteiger partial charge in [-0.2, -0.15) is 0 Å². The van der Waals surface area contributed by atoms with Crippen LogP contribution in [0, 0.1) is 6.92 Å². The molecule has 0 saturated carbocycles. The molecule has 0 radical (unpaired) electrons. The zero-order valence-electron chi connectivity index (χ0n) is 18.8. The molecule has 1 aromatic rings. The molecule has 2 heterocycles. The van der Waals surface area contributed by atoms with Crippen molar-refractivity contribution in [2.24, 2.45) is 0 Å². The van der Waals surface area contributed by atoms with Gasteiger partial charge in [0.1, 0.15) is 0 Å². The Kier molecular flexibility index (Phi) is 9.49. The molecule has 0 aliphatic carbocycles. The van der Waals surface area contributed by atoms with Crippen LogP contribution in [0.3, 0.4) is 0 Å². The van der Waals surface area contributed by atoms with Crippen LogP contribution in [0.15, 0.2) is 24.3 Å². The number of rotatable bonds is 9. The van der Waals surface area contributed by atoms with E-state index < -0.39 is 0 Å². The summed E-state index contributed by atoms with van der Waals surface area (Å²) < 4.78 is 5.26. The average Bonchev–Trinajstić information content (AvgIpc) is 2.78. The Balaban J connectivity index is 1.26. The molecule has 2 saturated heterocycles. The van der Waals surface area contributed by atoms with E-state index in [-0.39, 0.29) is 17.9 Å². The topological polar surface area (TPSA) is 65.1 Å². The Hall–Kier alpha value is -1.77. The maximum Gasteiger partial charge on any atom is 0.232 e. The third-order valence-electron chi connectivity index (χ3n) is 5.85. The molecule has 2 aliphatic heterocycles. The standard InChI is InChI=1S/C23H36N4O3S/c1-19-4-3-5-21(16-19)26-10-8-25(9-11-26)7-6-20(2)24-22(28)17-31-18-23(29)27-12-14-30-15-13-27/h3-5,16,20H,6-15,17-18H2,1-2H3,(H,24,28). The lowest BCUT2D eigenvalue weighted by Crippen LogP contribution is -2.47. The molecular formula is C23H36N4O3S. The fraction of sp³-hybridized carbons (Fsp3) is 0.652. The number of hydrogen-bond donors (Lipinski definition) is 1. The lowest BCUT2D eigenvalue weighted by Gasteiger charge is -2.36. The van der Waals surface area contributed by atoms with Gasteiger partial charge in [-0.3, -0.25) is 14.5 Å². The van der Waals surface area contributed by atoms with E-state index in [1.807, 2.05) is 4.90 Å². The lowest BCUT2D eigenvalue weighted by molar-refractivity contribution is -0.132. The molecule has 8 heteroatoms. The van der Waals surface area contributed by atoms with Crippen LogP contribution in [-0.2, 0) is 14.3 Å². The molecule has 3 rings (SSSR count). The van der Waals surface area contributed by atoms with Crippen molar-refractivity contribution in [1.29, 1.82) is 0 Å². The fourth-order valence-electron chi connectivity index (χ4n) is 3.95. The number of carbonyl (C=O) groups is 2. The normalized spacial score (nSPS) is 18.6. The Morgan fingerprint density at radius 3 is 2.55 bits per heavy atom. The number of nitrogens with one attached hydrogen (secondary N) is 1. The quantitative estimate of drug-likeness (QED) is 0.619. The predicted octanol–water partition coefficient (Wildman–Crippen LogP) is 1.60. The van der Waals surface area contributed by atoms with E-state index in [0.717, 1.165) is 39.1 Å². The first-order chi connectivity index (χ1) is 15.0. The van der Waals surface area contributed by atoms with Crippen LogP contribution >= 0.6 is 11.8 Å². The number of morpholine rings is 1. The van der Waals surface area contributed by atoms with Gasteiger partial charge in [0.15, 0.2) is 0 Å². The van der Waals surface area contributed by atoms with Crippen molar-refractivity contribution in [2.75, 3.05) is 75.4 Å². The van der Waals surface area contributed by atoms with E-state index in [0.29, 0.717) is 37.8 Å². The average molecular weight is 449 g/mol. The SMILES string of the molecule is Cc1cccc(N2CCN(CCC(C)NC(=O)CSCC(=O)N3CCOCC3)CC2)c1. The van der Waals surface area contributed by atoms with Crippen LogP contribution < -0.4 is 10.2 Å². The zero-order chi connectivity index (χ0) is 22.1. The minimum Gasteiger partial charge on any atom is -0.378 e. The molecule has 2 amide bonds. The summed E-state index contributed by atoms with van der Waals surface area (Å²) in [6.07, 6.45) is 0.938. The highest BCUT2D eigenvalue weighted by Crippen LogP contribution is 2.18. The maximum absolute atomic E-state index is 12.2. The highest BCUT2D eigenvalue weighted by Gasteiger charge is 2.19. The number of anilines is 1. The van der Waals surface area contributed by atoms with Crippen molar-refractivity contribution < 1.29 is 14.3 Å². The van der Waals surface area contributed by atoms with Crippen molar-refractivity contribution >= 4 is 29.3 Å². The number of amides is 2. The number of piperazine rings is 1. The van der Waals surface area contributed by atoms with Gasteiger partial charge in [-0.15, -0.1) is 11.8 Å². The number of thioether (sulfide) groups is 1. The summed E-state index contributed by atoms with van der Waals surface area (Å²) >= 11 is 1.39. The van der Waals surface area contributed by atoms with Crippen LogP contribution in [0.5, 0.6) is 0 Å². The first-order valence-corrected chi connectivity index (χ1v) is 12.4. The Morgan fingerprint density at radius 2 is 1.84 bits per heavy atom. The van der Waals surface area contributed by atoms with Gasteiger partial charge in [0, 0.05) is 57.5 Å². The van der Waals surface area contributed by atoms with Crippen LogP contribution in [-0.4, -0.2) is 98.2 Å². The van der Waals surface area contributed by atoms with Gasteiger partial charge in [-0.05, 0) is 38.0 Å². The van der Waals surface area contributed by atoms with Crippen molar-refractivity contribution in [2.45, 2.75) is 26.3 Å². The number of ether oxygens (including phenoxy) is 1. The summed E-state index contributed by atoms with van der Waals surface area (Å²) in [5.41, 5.74) is 2.61. The molecule has 0 spiro atoms. The highest BCUT2D eigenvalue weighted by molar-refractivity contribution is 8.00. The smallest absolute Gasteiger partial charge is 0.232 e. The summed E-state index contributed by atoms with van der Waals surface area (Å²) in [5.74, 6) is 0.790. The number of hydrogen-bond acceptors (Lipinski definition) is 6. The Labute approximate surface area is 190 Å². The summed E-state index contributed by atoms with van der Waals surface area (Å²) in [6, 6.07) is 8.83. The lowest BCUT2D eigenvalue weighted by atomic mass is 10.1. The molecule has 7 nitrogen and oxygen atoms in total. The molecule has 1 aromatic carbocycles. The highest BCUT2D eigenvalue weighted by atomic mass is 32.2. The molecule has 2 aliphatic rings. The van der Waals surface area contributed by atoms with Gasteiger partial charge in [-0.25, -0.2) is 0 Å². The molecule has 31 heavy (non-hydrogen) atoms. The van der Waals surface area contributed by atoms with Crippen molar-refractivity contribution in [3.05, 3.63) is 29.8 Å². The minimum atomic E-state index is 0.0107. The van der Waals surface area contributed by atoms with E-state index in [1.165, 1.54) is 23.0 Å². The molecule has 0 aromatic heterocycles. The van der Waals surface area contributed by atoms with Crippen molar-refractivity contribution in [3.8, 4) is 0 Å². The number of carbonyl (C=O) groups excluding carboxylic acids is 2. The van der Waals surface area contributed by atoms with E-state index in [2.05, 4.69) is 53.2 Å². The number of benzene rings is 1. The van der Waals surface area contributed by atoms with Crippen molar-refractivity contribution in [1.82, 2.24) is 15.1 Å². The minimum absolute atomic E-state index is 0.0107. The number of nitrogens with zero attached hydrogens (tertiary/aromatic N) is 3. The molecule has 2 fully saturated rings. The molecule has 0 bridgehead atoms. The van der Waals surface area contributed by atoms with E-state index >= 15 is 0 Å². The molecule has 172 valence electrons. The van der Waals surface area contributed by atoms with Gasteiger partial charge in [0.05, 0.1) is 24.7 Å². The van der Waals surface area contributed by atoms with Crippen LogP contribution in [0.4, 0.5) is 5.69 Å². The van der Waals surface area contributed by atoms with Gasteiger partial charge >= 0.3 is 0 Å². The van der Waals surface area contributed by atoms with Gasteiger partial charge in [0.2, 0.25) is 11.8 Å². The van der Waals surface area contributed by atoms with Gasteiger partial charge in [-0.1, -0.05) is 12.1 Å². The monoisotopic (exact) mass is 448 g/mol. The van der Waals surface area contributed by atoms with Crippen LogP contribution in [0.2, 0.25) is 0 Å². The maximum atomic E-state index is 12.2. The second-order valence-corrected chi connectivity index (χ2v) is 9.40. The molecule has 1 unspecified atom stereocenters. The summed E-state index contributed by atoms with van der Waals surface area (Å²) in [4.78, 5) is 31.1. The number of aryl methyl sites for hydroxylation is 1. The zero-order valence-corrected chi connectivity index (χ0v) is 19.7. The van der Waals surface area contributed by atoms with E-state index in [4.69, 9.17) is 4.74 Å². The third-order valence-corrected chi connectivity index (χ3v) is 6.76. The summed E-state index contributed by atoms with van der Waals surface area (Å²) in [6.45, 7) is 11.9. The van der Waals surface area contributed by atoms with Gasteiger partial charge < -0.3 is 19.9 Å². The second-order valence-electron chi connectivity index (χ2n) is 8.41.